The van der Waals surface area contributed by atoms with Gasteiger partial charge in [0, 0.05) is 24.0 Å². The summed E-state index contributed by atoms with van der Waals surface area (Å²) in [5.41, 5.74) is 0. The third-order valence-electron chi connectivity index (χ3n) is 3.09. The zero-order valence-corrected chi connectivity index (χ0v) is 10.8. The van der Waals surface area contributed by atoms with Gasteiger partial charge in [0.15, 0.2) is 5.13 Å². The van der Waals surface area contributed by atoms with Gasteiger partial charge in [0.25, 0.3) is 0 Å². The number of halogens is 1. The summed E-state index contributed by atoms with van der Waals surface area (Å²) in [6.45, 7) is 3.33. The minimum absolute atomic E-state index is 0.516. The zero-order valence-electron chi connectivity index (χ0n) is 9.27. The van der Waals surface area contributed by atoms with Crippen molar-refractivity contribution in [3.63, 3.8) is 0 Å². The molecule has 0 aliphatic carbocycles. The van der Waals surface area contributed by atoms with Crippen molar-refractivity contribution in [1.82, 2.24) is 9.88 Å². The molecule has 2 heterocycles. The number of likely N-dealkylation sites (N-methyl/N-ethyl adjacent to an activating group) is 1. The molecule has 1 aromatic rings. The highest BCUT2D eigenvalue weighted by Gasteiger charge is 2.33. The molecule has 0 spiro atoms. The molecule has 1 aliphatic heterocycles. The molecule has 1 aromatic heterocycles. The standard InChI is InChI=1S/C10H16ClN3S/c1-7-8(13(2)3)4-5-14(7)10-12-9(11)6-15-10/h6-8H,4-5H2,1-3H3. The van der Waals surface area contributed by atoms with Gasteiger partial charge in [-0.25, -0.2) is 4.98 Å². The molecule has 2 unspecified atom stereocenters. The number of nitrogens with zero attached hydrogens (tertiary/aromatic N) is 3. The highest BCUT2D eigenvalue weighted by Crippen LogP contribution is 2.31. The molecule has 1 aliphatic rings. The molecule has 0 aromatic carbocycles. The number of anilines is 1. The van der Waals surface area contributed by atoms with E-state index in [1.807, 2.05) is 5.38 Å². The van der Waals surface area contributed by atoms with Gasteiger partial charge in [-0.15, -0.1) is 11.3 Å². The van der Waals surface area contributed by atoms with Crippen LogP contribution in [-0.4, -0.2) is 42.6 Å². The molecule has 1 saturated heterocycles. The fourth-order valence-corrected chi connectivity index (χ4v) is 3.32. The molecule has 1 fully saturated rings. The van der Waals surface area contributed by atoms with Crippen molar-refractivity contribution in [2.24, 2.45) is 0 Å². The molecule has 0 amide bonds. The second-order valence-electron chi connectivity index (χ2n) is 4.21. The first-order chi connectivity index (χ1) is 7.09. The third-order valence-corrected chi connectivity index (χ3v) is 4.29. The van der Waals surface area contributed by atoms with Crippen molar-refractivity contribution in [1.29, 1.82) is 0 Å². The van der Waals surface area contributed by atoms with Gasteiger partial charge in [-0.2, -0.15) is 0 Å². The lowest BCUT2D eigenvalue weighted by Gasteiger charge is -2.27. The average Bonchev–Trinajstić information content (AvgIpc) is 2.71. The maximum absolute atomic E-state index is 5.85. The number of aromatic nitrogens is 1. The largest absolute Gasteiger partial charge is 0.344 e. The van der Waals surface area contributed by atoms with E-state index < -0.39 is 0 Å². The fraction of sp³-hybridized carbons (Fsp3) is 0.700. The van der Waals surface area contributed by atoms with E-state index in [1.54, 1.807) is 11.3 Å². The van der Waals surface area contributed by atoms with Crippen LogP contribution in [0.1, 0.15) is 13.3 Å². The number of hydrogen-bond acceptors (Lipinski definition) is 4. The van der Waals surface area contributed by atoms with E-state index in [4.69, 9.17) is 11.6 Å². The lowest BCUT2D eigenvalue weighted by atomic mass is 10.1. The molecular formula is C10H16ClN3S. The zero-order chi connectivity index (χ0) is 11.0. The van der Waals surface area contributed by atoms with Crippen molar-refractivity contribution >= 4 is 28.1 Å². The summed E-state index contributed by atoms with van der Waals surface area (Å²) < 4.78 is 0. The van der Waals surface area contributed by atoms with E-state index in [0.717, 1.165) is 11.7 Å². The van der Waals surface area contributed by atoms with Crippen LogP contribution >= 0.6 is 22.9 Å². The van der Waals surface area contributed by atoms with Crippen molar-refractivity contribution in [3.8, 4) is 0 Å². The van der Waals surface area contributed by atoms with E-state index >= 15 is 0 Å². The highest BCUT2D eigenvalue weighted by atomic mass is 35.5. The Morgan fingerprint density at radius 3 is 2.80 bits per heavy atom. The van der Waals surface area contributed by atoms with Gasteiger partial charge >= 0.3 is 0 Å². The van der Waals surface area contributed by atoms with Crippen LogP contribution in [0.4, 0.5) is 5.13 Å². The van der Waals surface area contributed by atoms with Crippen molar-refractivity contribution in [2.75, 3.05) is 25.5 Å². The molecule has 84 valence electrons. The van der Waals surface area contributed by atoms with Crippen LogP contribution in [0.3, 0.4) is 0 Å². The molecule has 15 heavy (non-hydrogen) atoms. The second kappa shape index (κ2) is 4.28. The average molecular weight is 246 g/mol. The Morgan fingerprint density at radius 1 is 1.60 bits per heavy atom. The van der Waals surface area contributed by atoms with Gasteiger partial charge in [-0.05, 0) is 27.4 Å². The Bertz CT molecular complexity index is 339. The lowest BCUT2D eigenvalue weighted by molar-refractivity contribution is 0.283. The van der Waals surface area contributed by atoms with Gasteiger partial charge in [-0.1, -0.05) is 11.6 Å². The second-order valence-corrected chi connectivity index (χ2v) is 5.43. The summed E-state index contributed by atoms with van der Waals surface area (Å²) in [6.07, 6.45) is 1.20. The number of hydrogen-bond donors (Lipinski definition) is 0. The molecule has 0 radical (unpaired) electrons. The predicted molar refractivity (Wildman–Crippen MR) is 66.0 cm³/mol. The summed E-state index contributed by atoms with van der Waals surface area (Å²) in [5, 5.41) is 3.56. The van der Waals surface area contributed by atoms with E-state index in [1.165, 1.54) is 6.42 Å². The van der Waals surface area contributed by atoms with Crippen LogP contribution in [0.15, 0.2) is 5.38 Å². The molecule has 0 saturated carbocycles. The van der Waals surface area contributed by atoms with Crippen molar-refractivity contribution in [2.45, 2.75) is 25.4 Å². The van der Waals surface area contributed by atoms with Gasteiger partial charge in [-0.3, -0.25) is 0 Å². The molecule has 5 heteroatoms. The van der Waals surface area contributed by atoms with Crippen LogP contribution < -0.4 is 4.90 Å². The predicted octanol–water partition coefficient (Wildman–Crippen LogP) is 2.33. The summed E-state index contributed by atoms with van der Waals surface area (Å²) in [6, 6.07) is 1.13. The van der Waals surface area contributed by atoms with Gasteiger partial charge < -0.3 is 9.80 Å². The molecular weight excluding hydrogens is 230 g/mol. The Balaban J connectivity index is 2.13. The Kier molecular flexibility index (Phi) is 3.19. The molecule has 0 N–H and O–H groups in total. The summed E-state index contributed by atoms with van der Waals surface area (Å²) in [5.74, 6) is 0. The first-order valence-corrected chi connectivity index (χ1v) is 6.39. The van der Waals surface area contributed by atoms with Crippen LogP contribution in [0.2, 0.25) is 5.15 Å². The maximum Gasteiger partial charge on any atom is 0.187 e. The summed E-state index contributed by atoms with van der Waals surface area (Å²) >= 11 is 7.48. The third kappa shape index (κ3) is 2.12. The van der Waals surface area contributed by atoms with Crippen molar-refractivity contribution < 1.29 is 0 Å². The number of thiazole rings is 1. The lowest BCUT2D eigenvalue weighted by Crippen LogP contribution is -2.39. The van der Waals surface area contributed by atoms with Crippen LogP contribution in [0.25, 0.3) is 0 Å². The fourth-order valence-electron chi connectivity index (χ4n) is 2.26. The Morgan fingerprint density at radius 2 is 2.33 bits per heavy atom. The summed E-state index contributed by atoms with van der Waals surface area (Å²) in [7, 11) is 4.28. The number of rotatable bonds is 2. The SMILES string of the molecule is CC1C(N(C)C)CCN1c1nc(Cl)cs1. The normalized spacial score (nSPS) is 26.6. The molecule has 2 rings (SSSR count). The summed E-state index contributed by atoms with van der Waals surface area (Å²) in [4.78, 5) is 8.97. The molecule has 3 nitrogen and oxygen atoms in total. The highest BCUT2D eigenvalue weighted by molar-refractivity contribution is 7.14. The monoisotopic (exact) mass is 245 g/mol. The van der Waals surface area contributed by atoms with Crippen LogP contribution in [0, 0.1) is 0 Å². The van der Waals surface area contributed by atoms with Gasteiger partial charge in [0.05, 0.1) is 0 Å². The Hall–Kier alpha value is -0.320. The molecule has 0 bridgehead atoms. The Labute approximate surface area is 99.7 Å². The van der Waals surface area contributed by atoms with E-state index in [2.05, 4.69) is 35.8 Å². The molecule has 2 atom stereocenters. The first kappa shape index (κ1) is 11.2. The quantitative estimate of drug-likeness (QED) is 0.797. The van der Waals surface area contributed by atoms with E-state index in [9.17, 15) is 0 Å². The van der Waals surface area contributed by atoms with Crippen LogP contribution in [-0.2, 0) is 0 Å². The van der Waals surface area contributed by atoms with Crippen LogP contribution in [0.5, 0.6) is 0 Å². The topological polar surface area (TPSA) is 19.4 Å². The first-order valence-electron chi connectivity index (χ1n) is 5.13. The minimum Gasteiger partial charge on any atom is -0.344 e. The van der Waals surface area contributed by atoms with E-state index in [-0.39, 0.29) is 0 Å². The van der Waals surface area contributed by atoms with Gasteiger partial charge in [0.1, 0.15) is 5.15 Å². The maximum atomic E-state index is 5.85. The van der Waals surface area contributed by atoms with Crippen molar-refractivity contribution in [3.05, 3.63) is 10.5 Å². The smallest absolute Gasteiger partial charge is 0.187 e. The minimum atomic E-state index is 0.516. The van der Waals surface area contributed by atoms with E-state index in [0.29, 0.717) is 17.2 Å². The van der Waals surface area contributed by atoms with Gasteiger partial charge in [0.2, 0.25) is 0 Å².